The van der Waals surface area contributed by atoms with Crippen molar-refractivity contribution in [3.63, 3.8) is 0 Å². The van der Waals surface area contributed by atoms with Crippen LogP contribution in [0.3, 0.4) is 0 Å². The van der Waals surface area contributed by atoms with Crippen molar-refractivity contribution in [2.24, 2.45) is 0 Å². The van der Waals surface area contributed by atoms with Gasteiger partial charge in [-0.3, -0.25) is 0 Å². The number of hydrogen-bond donors (Lipinski definition) is 1. The molecule has 0 spiro atoms. The number of nitrogens with zero attached hydrogens (tertiary/aromatic N) is 1. The van der Waals surface area contributed by atoms with Gasteiger partial charge in [-0.25, -0.2) is 0 Å². The maximum Gasteiger partial charge on any atom is 0.315 e. The van der Waals surface area contributed by atoms with Gasteiger partial charge in [0.25, 0.3) is 0 Å². The van der Waals surface area contributed by atoms with Gasteiger partial charge in [0.15, 0.2) is 0 Å². The quantitative estimate of drug-likeness (QED) is 0.411. The van der Waals surface area contributed by atoms with Crippen LogP contribution in [-0.4, -0.2) is 7.05 Å². The molecule has 0 radical (unpaired) electrons. The Bertz CT molecular complexity index is 57.0. The summed E-state index contributed by atoms with van der Waals surface area (Å²) in [7, 11) is 1.73. The second-order valence-corrected chi connectivity index (χ2v) is 0.559. The summed E-state index contributed by atoms with van der Waals surface area (Å²) in [5.41, 5.74) is 2.53. The molecule has 2 heteroatoms. The summed E-state index contributed by atoms with van der Waals surface area (Å²) in [5.74, 6) is 0. The predicted molar refractivity (Wildman–Crippen MR) is 22.0 cm³/mol. The van der Waals surface area contributed by atoms with Crippen LogP contribution in [0.2, 0.25) is 0 Å². The largest absolute Gasteiger partial charge is 0.315 e. The lowest BCUT2D eigenvalue weighted by Crippen LogP contribution is -1.85. The Balaban J connectivity index is 2.81. The lowest BCUT2D eigenvalue weighted by molar-refractivity contribution is 1.10. The molecule has 5 heavy (non-hydrogen) atoms. The second kappa shape index (κ2) is 3.29. The van der Waals surface area contributed by atoms with Gasteiger partial charge in [0.2, 0.25) is 0 Å². The minimum atomic E-state index is 1.73. The van der Waals surface area contributed by atoms with Gasteiger partial charge < -0.3 is 0 Å². The number of rotatable bonds is 0. The summed E-state index contributed by atoms with van der Waals surface area (Å²) in [6, 6.07) is 2.53. The Morgan fingerprint density at radius 1 is 1.80 bits per heavy atom. The van der Waals surface area contributed by atoms with Crippen molar-refractivity contribution >= 4 is 0 Å². The van der Waals surface area contributed by atoms with Gasteiger partial charge in [-0.1, -0.05) is 5.43 Å². The van der Waals surface area contributed by atoms with E-state index in [1.807, 2.05) is 0 Å². The Hall–Kier alpha value is -0.710. The first-order chi connectivity index (χ1) is 2.41. The molecule has 0 saturated carbocycles. The van der Waals surface area contributed by atoms with Gasteiger partial charge in [0.05, 0.1) is 18.9 Å². The molecule has 0 fully saturated rings. The van der Waals surface area contributed by atoms with E-state index in [0.29, 0.717) is 0 Å². The molecule has 2 nitrogen and oxygen atoms in total. The third-order valence-electron chi connectivity index (χ3n) is 0.224. The molecule has 0 unspecified atom stereocenters. The zero-order chi connectivity index (χ0) is 4.12. The van der Waals surface area contributed by atoms with Gasteiger partial charge >= 0.3 is 6.07 Å². The molecule has 0 aromatic carbocycles. The zero-order valence-corrected chi connectivity index (χ0v) is 3.45. The molecule has 28 valence electrons. The molecule has 0 aliphatic carbocycles. The highest BCUT2D eigenvalue weighted by Gasteiger charge is 1.60. The molecular weight excluding hydrogens is 64.0 g/mol. The fourth-order valence-electron chi connectivity index (χ4n) is 0.112. The topological polar surface area (TPSA) is 16.4 Å². The number of hydrogen-bond acceptors (Lipinski definition) is 1. The Morgan fingerprint density at radius 2 is 2.40 bits per heavy atom. The summed E-state index contributed by atoms with van der Waals surface area (Å²) in [6.45, 7) is 1.73. The van der Waals surface area contributed by atoms with E-state index in [1.165, 1.54) is 0 Å². The molecule has 0 saturated heterocycles. The van der Waals surface area contributed by atoms with Crippen molar-refractivity contribution in [2.45, 2.75) is 6.92 Å². The van der Waals surface area contributed by atoms with E-state index < -0.39 is 0 Å². The molecule has 1 N–H and O–H groups in total. The van der Waals surface area contributed by atoms with Crippen molar-refractivity contribution in [1.29, 1.82) is 0 Å². The summed E-state index contributed by atoms with van der Waals surface area (Å²) < 4.78 is 0. The van der Waals surface area contributed by atoms with E-state index >= 15 is 0 Å². The highest BCUT2D eigenvalue weighted by molar-refractivity contribution is 4.72. The highest BCUT2D eigenvalue weighted by Crippen LogP contribution is 1.44. The van der Waals surface area contributed by atoms with Gasteiger partial charge in [-0.05, 0) is 0 Å². The number of nitrogens with one attached hydrogen (secondary N) is 1. The fraction of sp³-hybridized carbons (Fsp3) is 0.667. The highest BCUT2D eigenvalue weighted by atomic mass is 15.2. The van der Waals surface area contributed by atoms with E-state index in [0.717, 1.165) is 0 Å². The predicted octanol–water partition coefficient (Wildman–Crippen LogP) is 0.474. The van der Waals surface area contributed by atoms with Crippen LogP contribution in [0.1, 0.15) is 6.92 Å². The molecule has 0 aromatic heterocycles. The lowest BCUT2D eigenvalue weighted by atomic mass is 10.9. The van der Waals surface area contributed by atoms with Crippen LogP contribution in [0.4, 0.5) is 0 Å². The van der Waals surface area contributed by atoms with E-state index in [4.69, 9.17) is 0 Å². The smallest absolute Gasteiger partial charge is 0.0841 e. The standard InChI is InChI=1S/C3H7N2/c1-3-5-4-2/h4H,1-2H3/q+1. The minimum Gasteiger partial charge on any atom is -0.0841 e. The molecule has 0 atom stereocenters. The maximum atomic E-state index is 3.47. The molecule has 0 aliphatic heterocycles. The molecule has 0 rings (SSSR count). The molecular formula is C3H7N2+. The first-order valence-corrected chi connectivity index (χ1v) is 1.45. The van der Waals surface area contributed by atoms with Crippen LogP contribution in [0.15, 0.2) is 0 Å². The van der Waals surface area contributed by atoms with Crippen molar-refractivity contribution in [2.75, 3.05) is 7.05 Å². The first-order valence-electron chi connectivity index (χ1n) is 1.45. The first kappa shape index (κ1) is 4.29. The molecule has 0 aliphatic rings. The summed E-state index contributed by atoms with van der Waals surface area (Å²) >= 11 is 0. The van der Waals surface area contributed by atoms with E-state index in [2.05, 4.69) is 16.4 Å². The van der Waals surface area contributed by atoms with Crippen LogP contribution in [0, 0.1) is 6.07 Å². The SMILES string of the molecule is CC#[N+]NC. The van der Waals surface area contributed by atoms with Gasteiger partial charge in [-0.15, -0.1) is 0 Å². The van der Waals surface area contributed by atoms with Gasteiger partial charge in [0, 0.05) is 0 Å². The van der Waals surface area contributed by atoms with Crippen LogP contribution in [0.25, 0.3) is 4.95 Å². The monoisotopic (exact) mass is 71.1 g/mol. The lowest BCUT2D eigenvalue weighted by Gasteiger charge is -1.49. The Labute approximate surface area is 31.6 Å². The van der Waals surface area contributed by atoms with E-state index in [1.54, 1.807) is 14.0 Å². The van der Waals surface area contributed by atoms with Gasteiger partial charge in [0.1, 0.15) is 0 Å². The molecule has 0 bridgehead atoms. The Kier molecular flexibility index (Phi) is 2.82. The summed E-state index contributed by atoms with van der Waals surface area (Å²) in [6.07, 6.45) is 0. The average molecular weight is 71.1 g/mol. The summed E-state index contributed by atoms with van der Waals surface area (Å²) in [4.78, 5) is 3.47. The molecule has 0 aromatic rings. The van der Waals surface area contributed by atoms with E-state index in [-0.39, 0.29) is 0 Å². The van der Waals surface area contributed by atoms with E-state index in [9.17, 15) is 0 Å². The van der Waals surface area contributed by atoms with Crippen LogP contribution in [-0.2, 0) is 0 Å². The van der Waals surface area contributed by atoms with Crippen LogP contribution < -0.4 is 5.43 Å². The van der Waals surface area contributed by atoms with Crippen molar-refractivity contribution in [3.8, 4) is 6.07 Å². The maximum absolute atomic E-state index is 3.47. The van der Waals surface area contributed by atoms with Crippen LogP contribution in [0.5, 0.6) is 0 Å². The third-order valence-corrected chi connectivity index (χ3v) is 0.224. The zero-order valence-electron chi connectivity index (χ0n) is 3.45. The van der Waals surface area contributed by atoms with Crippen LogP contribution >= 0.6 is 0 Å². The second-order valence-electron chi connectivity index (χ2n) is 0.559. The normalized spacial score (nSPS) is 4.40. The van der Waals surface area contributed by atoms with Crippen molar-refractivity contribution < 1.29 is 0 Å². The molecule has 0 heterocycles. The molecule has 0 amide bonds. The van der Waals surface area contributed by atoms with Gasteiger partial charge in [-0.2, -0.15) is 0 Å². The van der Waals surface area contributed by atoms with Crippen molar-refractivity contribution in [1.82, 2.24) is 5.43 Å². The minimum absolute atomic E-state index is 1.73. The summed E-state index contributed by atoms with van der Waals surface area (Å²) in [5, 5.41) is 0. The Morgan fingerprint density at radius 3 is 2.40 bits per heavy atom. The average Bonchev–Trinajstić information content (AvgIpc) is 1.41. The third kappa shape index (κ3) is 3.29. The fourth-order valence-corrected chi connectivity index (χ4v) is 0.112. The van der Waals surface area contributed by atoms with Crippen molar-refractivity contribution in [3.05, 3.63) is 4.95 Å².